The first-order valence-electron chi connectivity index (χ1n) is 11.5. The molecule has 0 saturated carbocycles. The van der Waals surface area contributed by atoms with Crippen LogP contribution < -0.4 is 4.90 Å². The average molecular weight is 435 g/mol. The molecule has 0 bridgehead atoms. The van der Waals surface area contributed by atoms with Crippen LogP contribution in [-0.4, -0.2) is 60.2 Å². The van der Waals surface area contributed by atoms with Gasteiger partial charge in [0, 0.05) is 55.3 Å². The summed E-state index contributed by atoms with van der Waals surface area (Å²) in [6, 6.07) is 10.0. The lowest BCUT2D eigenvalue weighted by Crippen LogP contribution is -2.50. The van der Waals surface area contributed by atoms with E-state index >= 15 is 0 Å². The van der Waals surface area contributed by atoms with Gasteiger partial charge in [0.2, 0.25) is 11.9 Å². The smallest absolute Gasteiger partial charge is 0.228 e. The summed E-state index contributed by atoms with van der Waals surface area (Å²) < 4.78 is 11.5. The standard InChI is InChI=1S/C25H30N4O3/c1-25(7-11-28(12-8-25)24-26-9-3-10-27-24)23(30)29-13-15-31-18-19(17-29)16-20-4-2-5-22-21(20)6-14-32-22/h2-6,9-10,14,19H,7-8,11-13,15-18H2,1H3/t19-/m0/s1. The number of rotatable bonds is 4. The molecular weight excluding hydrogens is 404 g/mol. The highest BCUT2D eigenvalue weighted by Crippen LogP contribution is 2.35. The van der Waals surface area contributed by atoms with Crippen molar-refractivity contribution >= 4 is 22.8 Å². The molecule has 2 aromatic heterocycles. The number of aromatic nitrogens is 2. The zero-order chi connectivity index (χ0) is 22.0. The van der Waals surface area contributed by atoms with Crippen LogP contribution >= 0.6 is 0 Å². The largest absolute Gasteiger partial charge is 0.464 e. The zero-order valence-corrected chi connectivity index (χ0v) is 18.6. The molecule has 2 fully saturated rings. The van der Waals surface area contributed by atoms with Crippen molar-refractivity contribution < 1.29 is 13.9 Å². The molecule has 1 atom stereocenters. The third kappa shape index (κ3) is 4.21. The number of furan rings is 1. The molecule has 0 unspecified atom stereocenters. The minimum absolute atomic E-state index is 0.253. The van der Waals surface area contributed by atoms with Crippen molar-refractivity contribution in [3.8, 4) is 0 Å². The Morgan fingerprint density at radius 2 is 1.94 bits per heavy atom. The van der Waals surface area contributed by atoms with E-state index in [1.54, 1.807) is 18.7 Å². The van der Waals surface area contributed by atoms with Gasteiger partial charge in [0.1, 0.15) is 5.58 Å². The van der Waals surface area contributed by atoms with E-state index in [1.165, 1.54) is 5.56 Å². The first kappa shape index (κ1) is 20.9. The SMILES string of the molecule is CC1(C(=O)N2CCOC[C@@H](Cc3cccc4occc34)C2)CCN(c2ncccn2)CC1. The van der Waals surface area contributed by atoms with Crippen molar-refractivity contribution in [3.63, 3.8) is 0 Å². The second-order valence-electron chi connectivity index (χ2n) is 9.24. The lowest BCUT2D eigenvalue weighted by atomic mass is 9.79. The summed E-state index contributed by atoms with van der Waals surface area (Å²) >= 11 is 0. The second-order valence-corrected chi connectivity index (χ2v) is 9.24. The maximum Gasteiger partial charge on any atom is 0.228 e. The van der Waals surface area contributed by atoms with Crippen molar-refractivity contribution in [2.75, 3.05) is 44.3 Å². The number of hydrogen-bond acceptors (Lipinski definition) is 6. The number of carbonyl (C=O) groups is 1. The van der Waals surface area contributed by atoms with E-state index in [4.69, 9.17) is 9.15 Å². The fourth-order valence-corrected chi connectivity index (χ4v) is 4.98. The molecule has 0 N–H and O–H groups in total. The molecule has 0 spiro atoms. The van der Waals surface area contributed by atoms with Crippen molar-refractivity contribution in [2.45, 2.75) is 26.2 Å². The molecule has 0 radical (unpaired) electrons. The highest BCUT2D eigenvalue weighted by Gasteiger charge is 2.41. The van der Waals surface area contributed by atoms with Crippen LogP contribution in [0.25, 0.3) is 11.0 Å². The minimum atomic E-state index is -0.356. The molecule has 1 aromatic carbocycles. The van der Waals surface area contributed by atoms with E-state index in [9.17, 15) is 4.79 Å². The molecule has 5 rings (SSSR count). The van der Waals surface area contributed by atoms with Crippen LogP contribution in [0.3, 0.4) is 0 Å². The van der Waals surface area contributed by atoms with E-state index in [2.05, 4.69) is 27.9 Å². The Kier molecular flexibility index (Phi) is 5.83. The van der Waals surface area contributed by atoms with Gasteiger partial charge in [0.05, 0.1) is 19.5 Å². The topological polar surface area (TPSA) is 71.7 Å². The molecule has 2 aliphatic rings. The minimum Gasteiger partial charge on any atom is -0.464 e. The summed E-state index contributed by atoms with van der Waals surface area (Å²) in [4.78, 5) is 26.6. The van der Waals surface area contributed by atoms with Gasteiger partial charge in [0.15, 0.2) is 0 Å². The number of benzene rings is 1. The quantitative estimate of drug-likeness (QED) is 0.625. The molecule has 2 saturated heterocycles. The van der Waals surface area contributed by atoms with Gasteiger partial charge < -0.3 is 19.0 Å². The molecule has 0 aliphatic carbocycles. The van der Waals surface area contributed by atoms with Crippen LogP contribution in [0.1, 0.15) is 25.3 Å². The number of piperidine rings is 1. The summed E-state index contributed by atoms with van der Waals surface area (Å²) in [6.45, 7) is 6.36. The van der Waals surface area contributed by atoms with Gasteiger partial charge >= 0.3 is 0 Å². The van der Waals surface area contributed by atoms with Crippen molar-refractivity contribution in [3.05, 3.63) is 54.6 Å². The Bertz CT molecular complexity index is 1060. The second kappa shape index (κ2) is 8.90. The number of ether oxygens (including phenoxy) is 1. The van der Waals surface area contributed by atoms with E-state index in [1.807, 2.05) is 29.2 Å². The molecule has 7 nitrogen and oxygen atoms in total. The zero-order valence-electron chi connectivity index (χ0n) is 18.6. The summed E-state index contributed by atoms with van der Waals surface area (Å²) in [5, 5.41) is 1.15. The van der Waals surface area contributed by atoms with Crippen LogP contribution in [0, 0.1) is 11.3 Å². The highest BCUT2D eigenvalue weighted by molar-refractivity contribution is 5.83. The number of amides is 1. The summed E-state index contributed by atoms with van der Waals surface area (Å²) in [5.41, 5.74) is 1.80. The average Bonchev–Trinajstić information content (AvgIpc) is 3.20. The molecule has 1 amide bonds. The monoisotopic (exact) mass is 434 g/mol. The predicted octanol–water partition coefficient (Wildman–Crippen LogP) is 3.55. The van der Waals surface area contributed by atoms with Gasteiger partial charge in [0.25, 0.3) is 0 Å². The molecular formula is C25H30N4O3. The Hall–Kier alpha value is -2.93. The van der Waals surface area contributed by atoms with Crippen LogP contribution in [0.5, 0.6) is 0 Å². The van der Waals surface area contributed by atoms with Crippen molar-refractivity contribution in [2.24, 2.45) is 11.3 Å². The van der Waals surface area contributed by atoms with E-state index in [0.717, 1.165) is 55.8 Å². The van der Waals surface area contributed by atoms with Gasteiger partial charge in [-0.25, -0.2) is 9.97 Å². The van der Waals surface area contributed by atoms with Gasteiger partial charge in [-0.15, -0.1) is 0 Å². The Balaban J connectivity index is 1.25. The highest BCUT2D eigenvalue weighted by atomic mass is 16.5. The lowest BCUT2D eigenvalue weighted by molar-refractivity contribution is -0.142. The number of fused-ring (bicyclic) bond motifs is 1. The van der Waals surface area contributed by atoms with Crippen LogP contribution in [0.2, 0.25) is 0 Å². The van der Waals surface area contributed by atoms with Gasteiger partial charge in [-0.1, -0.05) is 19.1 Å². The number of carbonyl (C=O) groups excluding carboxylic acids is 1. The van der Waals surface area contributed by atoms with Crippen molar-refractivity contribution in [1.29, 1.82) is 0 Å². The summed E-state index contributed by atoms with van der Waals surface area (Å²) in [7, 11) is 0. The molecule has 32 heavy (non-hydrogen) atoms. The molecule has 168 valence electrons. The Labute approximate surface area is 188 Å². The van der Waals surface area contributed by atoms with Crippen molar-refractivity contribution in [1.82, 2.24) is 14.9 Å². The third-order valence-electron chi connectivity index (χ3n) is 6.94. The molecule has 3 aromatic rings. The van der Waals surface area contributed by atoms with Gasteiger partial charge in [-0.2, -0.15) is 0 Å². The summed E-state index contributed by atoms with van der Waals surface area (Å²) in [5.74, 6) is 1.27. The van der Waals surface area contributed by atoms with E-state index in [-0.39, 0.29) is 17.2 Å². The van der Waals surface area contributed by atoms with E-state index in [0.29, 0.717) is 19.8 Å². The maximum atomic E-state index is 13.6. The van der Waals surface area contributed by atoms with Gasteiger partial charge in [-0.05, 0) is 43.0 Å². The molecule has 7 heteroatoms. The maximum absolute atomic E-state index is 13.6. The van der Waals surface area contributed by atoms with Crippen LogP contribution in [0.4, 0.5) is 5.95 Å². The number of nitrogens with zero attached hydrogens (tertiary/aromatic N) is 4. The first-order valence-corrected chi connectivity index (χ1v) is 11.5. The first-order chi connectivity index (χ1) is 15.6. The normalized spacial score (nSPS) is 21.5. The Morgan fingerprint density at radius 3 is 2.75 bits per heavy atom. The number of hydrogen-bond donors (Lipinski definition) is 0. The fourth-order valence-electron chi connectivity index (χ4n) is 4.98. The lowest BCUT2D eigenvalue weighted by Gasteiger charge is -2.41. The van der Waals surface area contributed by atoms with Crippen LogP contribution in [-0.2, 0) is 16.0 Å². The predicted molar refractivity (Wildman–Crippen MR) is 122 cm³/mol. The van der Waals surface area contributed by atoms with Gasteiger partial charge in [-0.3, -0.25) is 4.79 Å². The molecule has 2 aliphatic heterocycles. The Morgan fingerprint density at radius 1 is 1.12 bits per heavy atom. The van der Waals surface area contributed by atoms with Crippen LogP contribution in [0.15, 0.2) is 53.4 Å². The number of anilines is 1. The third-order valence-corrected chi connectivity index (χ3v) is 6.94. The summed E-state index contributed by atoms with van der Waals surface area (Å²) in [6.07, 6.45) is 7.75. The fraction of sp³-hybridized carbons (Fsp3) is 0.480. The molecule has 4 heterocycles. The van der Waals surface area contributed by atoms with E-state index < -0.39 is 0 Å².